The maximum absolute atomic E-state index is 12.5. The summed E-state index contributed by atoms with van der Waals surface area (Å²) in [5, 5.41) is 18.4. The van der Waals surface area contributed by atoms with Crippen molar-refractivity contribution in [1.29, 1.82) is 0 Å². The van der Waals surface area contributed by atoms with Gasteiger partial charge in [0.25, 0.3) is 0 Å². The van der Waals surface area contributed by atoms with Gasteiger partial charge in [-0.1, -0.05) is 11.6 Å². The molecule has 0 fully saturated rings. The highest BCUT2D eigenvalue weighted by molar-refractivity contribution is 6.32. The van der Waals surface area contributed by atoms with E-state index in [-0.39, 0.29) is 0 Å². The molecule has 0 spiro atoms. The second-order valence-electron chi connectivity index (χ2n) is 1.99. The Balaban J connectivity index is 3.36. The van der Waals surface area contributed by atoms with Crippen LogP contribution in [0.4, 0.5) is 10.1 Å². The molecule has 0 atom stereocenters. The van der Waals surface area contributed by atoms with E-state index >= 15 is 0 Å². The number of rotatable bonds is 1. The fraction of sp³-hybridized carbons (Fsp3) is 0. The Bertz CT molecular complexity index is 342. The molecule has 0 aliphatic carbocycles. The van der Waals surface area contributed by atoms with Crippen molar-refractivity contribution < 1.29 is 14.4 Å². The number of benzene rings is 1. The van der Waals surface area contributed by atoms with Crippen LogP contribution in [-0.4, -0.2) is 10.0 Å². The lowest BCUT2D eigenvalue weighted by Gasteiger charge is -1.97. The molecule has 0 saturated heterocycles. The van der Waals surface area contributed by atoms with Crippen LogP contribution in [0, 0.1) is 15.9 Å². The highest BCUT2D eigenvalue weighted by Gasteiger charge is 2.18. The zero-order chi connectivity index (χ0) is 9.30. The second-order valence-corrected chi connectivity index (χ2v) is 2.36. The first kappa shape index (κ1) is 8.73. The third-order valence-corrected chi connectivity index (χ3v) is 1.60. The van der Waals surface area contributed by atoms with E-state index in [0.717, 1.165) is 12.1 Å². The van der Waals surface area contributed by atoms with Crippen LogP contribution in [0.15, 0.2) is 12.1 Å². The lowest BCUT2D eigenvalue weighted by Crippen LogP contribution is -1.90. The molecule has 1 N–H and O–H groups in total. The number of aromatic hydroxyl groups is 1. The standard InChI is InChI=1S/C6H3ClFNO3/c7-5-3(8)1-2-4(6(5)10)9(11)12/h1-2,10H. The molecule has 64 valence electrons. The maximum Gasteiger partial charge on any atom is 0.312 e. The predicted octanol–water partition coefficient (Wildman–Crippen LogP) is 2.09. The van der Waals surface area contributed by atoms with Crippen molar-refractivity contribution in [2.75, 3.05) is 0 Å². The van der Waals surface area contributed by atoms with Crippen molar-refractivity contribution in [2.24, 2.45) is 0 Å². The molecule has 6 heteroatoms. The van der Waals surface area contributed by atoms with Gasteiger partial charge < -0.3 is 5.11 Å². The Morgan fingerprint density at radius 1 is 1.58 bits per heavy atom. The van der Waals surface area contributed by atoms with Crippen molar-refractivity contribution in [1.82, 2.24) is 0 Å². The van der Waals surface area contributed by atoms with Crippen LogP contribution >= 0.6 is 11.6 Å². The van der Waals surface area contributed by atoms with Crippen LogP contribution in [0.3, 0.4) is 0 Å². The number of nitrogens with zero attached hydrogens (tertiary/aromatic N) is 1. The molecule has 0 bridgehead atoms. The number of nitro benzene ring substituents is 1. The van der Waals surface area contributed by atoms with Gasteiger partial charge in [-0.2, -0.15) is 0 Å². The third kappa shape index (κ3) is 1.31. The van der Waals surface area contributed by atoms with Crippen molar-refractivity contribution in [3.63, 3.8) is 0 Å². The van der Waals surface area contributed by atoms with Gasteiger partial charge in [0.1, 0.15) is 10.8 Å². The minimum Gasteiger partial charge on any atom is -0.501 e. The molecule has 1 rings (SSSR count). The fourth-order valence-electron chi connectivity index (χ4n) is 0.677. The normalized spacial score (nSPS) is 9.83. The van der Waals surface area contributed by atoms with Crippen molar-refractivity contribution in [3.05, 3.63) is 33.1 Å². The fourth-order valence-corrected chi connectivity index (χ4v) is 0.837. The number of phenolic OH excluding ortho intramolecular Hbond substituents is 1. The first-order chi connectivity index (χ1) is 5.54. The summed E-state index contributed by atoms with van der Waals surface area (Å²) < 4.78 is 12.5. The Morgan fingerprint density at radius 3 is 2.67 bits per heavy atom. The lowest BCUT2D eigenvalue weighted by molar-refractivity contribution is -0.385. The molecule has 1 aromatic rings. The zero-order valence-corrected chi connectivity index (χ0v) is 6.38. The number of hydrogen-bond donors (Lipinski definition) is 1. The van der Waals surface area contributed by atoms with Crippen molar-refractivity contribution in [2.45, 2.75) is 0 Å². The summed E-state index contributed by atoms with van der Waals surface area (Å²) in [7, 11) is 0. The maximum atomic E-state index is 12.5. The Labute approximate surface area is 71.3 Å². The zero-order valence-electron chi connectivity index (χ0n) is 5.62. The molecule has 0 aliphatic rings. The summed E-state index contributed by atoms with van der Waals surface area (Å²) in [4.78, 5) is 9.30. The molecular weight excluding hydrogens is 189 g/mol. The molecule has 12 heavy (non-hydrogen) atoms. The Hall–Kier alpha value is -1.36. The van der Waals surface area contributed by atoms with Gasteiger partial charge >= 0.3 is 5.69 Å². The van der Waals surface area contributed by atoms with E-state index in [1.165, 1.54) is 0 Å². The SMILES string of the molecule is O=[N+]([O-])c1ccc(F)c(Cl)c1O. The Morgan fingerprint density at radius 2 is 2.17 bits per heavy atom. The molecule has 0 unspecified atom stereocenters. The number of phenols is 1. The monoisotopic (exact) mass is 191 g/mol. The highest BCUT2D eigenvalue weighted by Crippen LogP contribution is 2.34. The molecule has 4 nitrogen and oxygen atoms in total. The minimum absolute atomic E-state index is 0.610. The van der Waals surface area contributed by atoms with Gasteiger partial charge in [0.2, 0.25) is 5.75 Å². The smallest absolute Gasteiger partial charge is 0.312 e. The van der Waals surface area contributed by atoms with Crippen LogP contribution in [0.1, 0.15) is 0 Å². The first-order valence-electron chi connectivity index (χ1n) is 2.85. The molecule has 1 aromatic carbocycles. The van der Waals surface area contributed by atoms with E-state index in [1.807, 2.05) is 0 Å². The van der Waals surface area contributed by atoms with Crippen LogP contribution in [0.5, 0.6) is 5.75 Å². The molecule has 0 radical (unpaired) electrons. The predicted molar refractivity (Wildman–Crippen MR) is 39.7 cm³/mol. The molecule has 0 saturated carbocycles. The topological polar surface area (TPSA) is 63.4 Å². The van der Waals surface area contributed by atoms with Crippen LogP contribution in [-0.2, 0) is 0 Å². The number of nitro groups is 1. The molecule has 0 aromatic heterocycles. The summed E-state index contributed by atoms with van der Waals surface area (Å²) >= 11 is 5.20. The number of hydrogen-bond acceptors (Lipinski definition) is 3. The molecule has 0 heterocycles. The van der Waals surface area contributed by atoms with Gasteiger partial charge in [-0.05, 0) is 6.07 Å². The average molecular weight is 192 g/mol. The Kier molecular flexibility index (Phi) is 2.14. The van der Waals surface area contributed by atoms with E-state index in [1.54, 1.807) is 0 Å². The van der Waals surface area contributed by atoms with Gasteiger partial charge in [-0.15, -0.1) is 0 Å². The minimum atomic E-state index is -0.889. The average Bonchev–Trinajstić information content (AvgIpc) is 2.00. The van der Waals surface area contributed by atoms with Gasteiger partial charge in [0.15, 0.2) is 0 Å². The van der Waals surface area contributed by atoms with E-state index < -0.39 is 27.2 Å². The van der Waals surface area contributed by atoms with E-state index in [0.29, 0.717) is 0 Å². The van der Waals surface area contributed by atoms with Crippen LogP contribution in [0.25, 0.3) is 0 Å². The summed E-state index contributed by atoms with van der Waals surface area (Å²) in [6.07, 6.45) is 0. The van der Waals surface area contributed by atoms with Gasteiger partial charge in [0, 0.05) is 6.07 Å². The highest BCUT2D eigenvalue weighted by atomic mass is 35.5. The molecular formula is C6H3ClFNO3. The number of halogens is 2. The third-order valence-electron chi connectivity index (χ3n) is 1.24. The van der Waals surface area contributed by atoms with E-state index in [9.17, 15) is 14.5 Å². The van der Waals surface area contributed by atoms with E-state index in [2.05, 4.69) is 0 Å². The summed E-state index contributed by atoms with van der Waals surface area (Å²) in [6.45, 7) is 0. The quantitative estimate of drug-likeness (QED) is 0.546. The second kappa shape index (κ2) is 2.94. The summed E-state index contributed by atoms with van der Waals surface area (Å²) in [5.74, 6) is -1.73. The van der Waals surface area contributed by atoms with Crippen molar-refractivity contribution in [3.8, 4) is 5.75 Å². The summed E-state index contributed by atoms with van der Waals surface area (Å²) in [6, 6.07) is 1.66. The first-order valence-corrected chi connectivity index (χ1v) is 3.23. The molecule has 0 aliphatic heterocycles. The van der Waals surface area contributed by atoms with Gasteiger partial charge in [0.05, 0.1) is 4.92 Å². The largest absolute Gasteiger partial charge is 0.501 e. The van der Waals surface area contributed by atoms with Crippen LogP contribution < -0.4 is 0 Å². The van der Waals surface area contributed by atoms with Gasteiger partial charge in [-0.25, -0.2) is 4.39 Å². The van der Waals surface area contributed by atoms with E-state index in [4.69, 9.17) is 16.7 Å². The van der Waals surface area contributed by atoms with Gasteiger partial charge in [-0.3, -0.25) is 10.1 Å². The molecule has 0 amide bonds. The summed E-state index contributed by atoms with van der Waals surface area (Å²) in [5.41, 5.74) is -0.610. The van der Waals surface area contributed by atoms with Crippen LogP contribution in [0.2, 0.25) is 5.02 Å². The van der Waals surface area contributed by atoms with Crippen molar-refractivity contribution >= 4 is 17.3 Å². The lowest BCUT2D eigenvalue weighted by atomic mass is 10.3.